The Morgan fingerprint density at radius 1 is 0.664 bits per heavy atom. The lowest BCUT2D eigenvalue weighted by molar-refractivity contribution is -0.144. The van der Waals surface area contributed by atoms with Gasteiger partial charge in [0.1, 0.15) is 65.6 Å². The molecule has 2 aliphatic rings. The SMILES string of the molecule is [2H]C(CCCSSCC(C)OC(=O)Nc1ncnc2c1ncn2C1CC(O)C(COP(=O)(O)OP(=O)(O)OP(=O)(O)O)O1)C(=O)NCCCCCC(=O)CC(CC)C(=O)O.[2H]C(CCCSSCC(C)OC(=O)n1cc(C2CC(O)C(COP(=O)(O)OP(=O)(O)OP(=O)(O)O)O2)c2nc(N)[nH]c(=O)c21)C(=O)CC(CC(=O)O)C(=O)NC(CC)C(=O)O. The lowest BCUT2D eigenvalue weighted by atomic mass is 9.95. The summed E-state index contributed by atoms with van der Waals surface area (Å²) in [5.74, 6) is -6.34. The number of carboxylic acid groups (broad SMARTS) is 3. The number of nitrogens with one attached hydrogen (secondary N) is 4. The summed E-state index contributed by atoms with van der Waals surface area (Å²) in [5, 5.41) is 55.9. The minimum absolute atomic E-state index is 0.0127. The second-order valence-electron chi connectivity index (χ2n) is 25.8. The summed E-state index contributed by atoms with van der Waals surface area (Å²) < 4.78 is 134. The van der Waals surface area contributed by atoms with Crippen LogP contribution in [0, 0.1) is 11.8 Å². The van der Waals surface area contributed by atoms with Gasteiger partial charge in [-0.2, -0.15) is 17.2 Å². The zero-order chi connectivity index (χ0) is 90.7. The van der Waals surface area contributed by atoms with Crippen molar-refractivity contribution in [2.24, 2.45) is 11.8 Å². The van der Waals surface area contributed by atoms with Crippen LogP contribution < -0.4 is 27.2 Å². The van der Waals surface area contributed by atoms with Gasteiger partial charge in [0.15, 0.2) is 17.0 Å². The first-order valence-corrected chi connectivity index (χ1v) is 49.5. The quantitative estimate of drug-likeness (QED) is 0.0140. The number of carboxylic acids is 3. The van der Waals surface area contributed by atoms with Gasteiger partial charge in [0.25, 0.3) is 5.56 Å². The Bertz CT molecular complexity index is 4610. The van der Waals surface area contributed by atoms with E-state index in [0.29, 0.717) is 75.2 Å². The highest BCUT2D eigenvalue weighted by Crippen LogP contribution is 2.67. The number of imidazole rings is 1. The Morgan fingerprint density at radius 3 is 1.80 bits per heavy atom. The topological polar surface area (TPSA) is 768 Å². The molecule has 0 radical (unpaired) electrons. The number of fused-ring (bicyclic) bond motifs is 2. The average Bonchev–Trinajstić information content (AvgIpc) is 1.61. The molecule has 0 spiro atoms. The number of nitrogens with two attached hydrogens (primary N) is 1. The molecule has 19 N–H and O–H groups in total. The summed E-state index contributed by atoms with van der Waals surface area (Å²) in [5.41, 5.74) is 4.72. The van der Waals surface area contributed by atoms with Crippen LogP contribution in [0.4, 0.5) is 21.4 Å². The van der Waals surface area contributed by atoms with Gasteiger partial charge in [0.05, 0.1) is 56.1 Å². The van der Waals surface area contributed by atoms with E-state index < -0.39 is 200 Å². The van der Waals surface area contributed by atoms with Crippen molar-refractivity contribution in [2.45, 2.75) is 192 Å². The predicted octanol–water partition coefficient (Wildman–Crippen LogP) is 5.85. The summed E-state index contributed by atoms with van der Waals surface area (Å²) in [6.45, 7) is 5.00. The van der Waals surface area contributed by atoms with E-state index in [1.54, 1.807) is 20.8 Å². The molecular formula is C59H93N11O39P6S4. The number of H-pyrrole nitrogens is 1. The fourth-order valence-corrected chi connectivity index (χ4v) is 21.4. The maximum atomic E-state index is 13.3. The van der Waals surface area contributed by atoms with Gasteiger partial charge in [0.2, 0.25) is 17.8 Å². The first kappa shape index (κ1) is 100. The van der Waals surface area contributed by atoms with Crippen LogP contribution in [0.5, 0.6) is 0 Å². The number of hydrogen-bond acceptors (Lipinski definition) is 37. The first-order valence-electron chi connectivity index (χ1n) is 36.6. The molecule has 2 saturated heterocycles. The molecule has 4 aromatic heterocycles. The van der Waals surface area contributed by atoms with Crippen molar-refractivity contribution in [3.05, 3.63) is 34.8 Å². The summed E-state index contributed by atoms with van der Waals surface area (Å²) in [4.78, 5) is 213. The van der Waals surface area contributed by atoms with E-state index in [1.165, 1.54) is 61.0 Å². The van der Waals surface area contributed by atoms with Crippen molar-refractivity contribution >= 4 is 178 Å². The Morgan fingerprint density at radius 2 is 1.24 bits per heavy atom. The number of rotatable bonds is 53. The van der Waals surface area contributed by atoms with Crippen molar-refractivity contribution in [2.75, 3.05) is 53.8 Å². The van der Waals surface area contributed by atoms with Gasteiger partial charge in [-0.15, -0.1) is 0 Å². The number of unbranched alkanes of at least 4 members (excludes halogenated alkanes) is 2. The number of aliphatic hydroxyl groups excluding tert-OH is 2. The number of phosphoric acid groups is 6. The number of ether oxygens (including phenoxy) is 4. The number of aliphatic hydroxyl groups is 2. The second-order valence-corrected chi connectivity index (χ2v) is 39.9. The monoisotopic (exact) mass is 1900 g/mol. The van der Waals surface area contributed by atoms with Crippen LogP contribution in [0.25, 0.3) is 22.2 Å². The van der Waals surface area contributed by atoms with Crippen molar-refractivity contribution < 1.29 is 183 Å². The normalized spacial score (nSPS) is 21.0. The number of carbonyl (C=O) groups is 9. The van der Waals surface area contributed by atoms with Crippen LogP contribution in [0.1, 0.15) is 157 Å². The fraction of sp³-hybridized carbons (Fsp3) is 0.661. The summed E-state index contributed by atoms with van der Waals surface area (Å²) in [6.07, 6.45) is -7.03. The van der Waals surface area contributed by atoms with Crippen molar-refractivity contribution in [1.82, 2.24) is 44.7 Å². The highest BCUT2D eigenvalue weighted by molar-refractivity contribution is 8.77. The Balaban J connectivity index is 0.000000430. The molecule has 672 valence electrons. The van der Waals surface area contributed by atoms with E-state index in [0.717, 1.165) is 17.1 Å². The number of nitrogen functional groups attached to an aromatic ring is 1. The van der Waals surface area contributed by atoms with Gasteiger partial charge in [-0.3, -0.25) is 57.5 Å². The molecule has 0 aromatic carbocycles. The van der Waals surface area contributed by atoms with Gasteiger partial charge in [-0.1, -0.05) is 63.4 Å². The summed E-state index contributed by atoms with van der Waals surface area (Å²) >= 11 is 0. The minimum Gasteiger partial charge on any atom is -0.481 e. The van der Waals surface area contributed by atoms with E-state index in [-0.39, 0.29) is 89.1 Å². The molecule has 60 heteroatoms. The van der Waals surface area contributed by atoms with E-state index >= 15 is 0 Å². The lowest BCUT2D eigenvalue weighted by Crippen LogP contribution is -2.44. The van der Waals surface area contributed by atoms with Gasteiger partial charge in [-0.25, -0.2) is 66.3 Å². The average molecular weight is 1900 g/mol. The van der Waals surface area contributed by atoms with Gasteiger partial charge in [0, 0.05) is 89.0 Å². The number of amides is 3. The number of aliphatic carboxylic acids is 3. The standard InChI is InChI=1S/C30H49N6O18P3S2.C29H44N5O21P3S2/c1-3-20(29(40)41)13-21(37)9-5-4-7-11-31-24(39)10-6-8-12-58-59-16-19(2)51-30(42)35-27-26-28(33-17-32-27)36(18-34-26)25-14-22(38)23(52-25)15-50-56(46,47)54-57(48,49)53-55(43,44)45;1-3-18(27(41)42)31-25(39)15(9-22(37)38)8-16(35)6-4-5-7-59-60-13-14(2)52-29(43)34-11-17(23-24(34)26(40)33-28(30)32-23)20-10-19(36)21(53-20)12-51-57(47,48)55-58(49,50)54-56(44,45)46/h17-20,22-23,25,38H,3-16H2,1-2H3,(H,31,39)(H,40,41)(H,46,47)(H,48,49)(H2,43,44,45)(H,32,33,35,42);11,14-15,18-21,36H,3-10,12-13H2,1-2H3,(H,31,39)(H,37,38)(H,41,42)(H,47,48)(H,49,50)(H2,44,45,46)(H3,30,32,33,40)/i10D;6D. The van der Waals surface area contributed by atoms with Gasteiger partial charge >= 0.3 is 77.0 Å². The zero-order valence-corrected chi connectivity index (χ0v) is 71.9. The molecule has 2 fully saturated rings. The van der Waals surface area contributed by atoms with Crippen LogP contribution in [0.2, 0.25) is 0 Å². The largest absolute Gasteiger partial charge is 0.490 e. The first-order chi connectivity index (χ1) is 56.3. The van der Waals surface area contributed by atoms with Crippen LogP contribution >= 0.6 is 90.1 Å². The van der Waals surface area contributed by atoms with Gasteiger partial charge < -0.3 is 100.0 Å². The van der Waals surface area contributed by atoms with Crippen LogP contribution in [0.3, 0.4) is 0 Å². The molecule has 6 heterocycles. The highest BCUT2D eigenvalue weighted by atomic mass is 33.1. The molecule has 3 amide bonds. The van der Waals surface area contributed by atoms with E-state index in [1.807, 2.05) is 0 Å². The van der Waals surface area contributed by atoms with Crippen molar-refractivity contribution in [3.8, 4) is 0 Å². The number of aromatic amines is 1. The Kier molecular flexibility index (Phi) is 40.9. The molecule has 4 aromatic rings. The molecule has 0 aliphatic carbocycles. The molecule has 0 bridgehead atoms. The highest BCUT2D eigenvalue weighted by Gasteiger charge is 2.46. The van der Waals surface area contributed by atoms with E-state index in [2.05, 4.69) is 67.2 Å². The van der Waals surface area contributed by atoms with Crippen LogP contribution in [-0.2, 0) is 106 Å². The van der Waals surface area contributed by atoms with Crippen molar-refractivity contribution in [1.29, 1.82) is 0 Å². The number of anilines is 2. The number of hydrogen-bond donors (Lipinski definition) is 18. The maximum absolute atomic E-state index is 13.3. The predicted molar refractivity (Wildman–Crippen MR) is 419 cm³/mol. The fourth-order valence-electron chi connectivity index (χ4n) is 10.7. The second kappa shape index (κ2) is 48.5. The Hall–Kier alpha value is -5.74. The van der Waals surface area contributed by atoms with E-state index in [9.17, 15) is 115 Å². The summed E-state index contributed by atoms with van der Waals surface area (Å²) in [7, 11) is -28.2. The minimum atomic E-state index is -5.82. The number of Topliss-reactive ketones (excluding diaryl/α,β-unsaturated/α-hetero) is 2. The number of carbonyl (C=O) groups excluding carboxylic acids is 6. The van der Waals surface area contributed by atoms with Crippen LogP contribution in [-0.4, -0.2) is 238 Å². The molecular weight excluding hydrogens is 1800 g/mol. The Labute approximate surface area is 694 Å². The molecule has 17 unspecified atom stereocenters. The third kappa shape index (κ3) is 37.7. The third-order valence-electron chi connectivity index (χ3n) is 16.2. The number of phosphoric ester groups is 2. The number of nitrogens with zero attached hydrogens (tertiary/aromatic N) is 6. The zero-order valence-electron chi connectivity index (χ0n) is 65.3. The third-order valence-corrected chi connectivity index (χ3v) is 29.0. The lowest BCUT2D eigenvalue weighted by Gasteiger charge is -2.19. The molecule has 17 atom stereocenters. The van der Waals surface area contributed by atoms with Crippen molar-refractivity contribution in [3.63, 3.8) is 0 Å². The molecule has 6 rings (SSSR count). The number of aromatic nitrogens is 7. The molecule has 0 saturated carbocycles. The smallest absolute Gasteiger partial charge is 0.481 e. The van der Waals surface area contributed by atoms with E-state index in [4.69, 9.17) is 52.1 Å². The van der Waals surface area contributed by atoms with Gasteiger partial charge in [-0.05, 0) is 65.2 Å². The summed E-state index contributed by atoms with van der Waals surface area (Å²) in [6, 6.07) is -1.26. The molecule has 2 aliphatic heterocycles. The number of ketones is 2. The molecule has 50 nitrogen and oxygen atoms in total. The molecule has 119 heavy (non-hydrogen) atoms. The van der Waals surface area contributed by atoms with Crippen LogP contribution in [0.15, 0.2) is 23.6 Å². The maximum Gasteiger partial charge on any atom is 0.490 e.